The summed E-state index contributed by atoms with van der Waals surface area (Å²) in [6.07, 6.45) is 3.31. The number of aliphatic hydroxyl groups is 1. The Labute approximate surface area is 84.6 Å². The molecule has 0 bridgehead atoms. The van der Waals surface area contributed by atoms with Crippen molar-refractivity contribution in [2.75, 3.05) is 19.3 Å². The fourth-order valence-electron chi connectivity index (χ4n) is 2.68. The van der Waals surface area contributed by atoms with Gasteiger partial charge < -0.3 is 10.4 Å². The lowest BCUT2D eigenvalue weighted by molar-refractivity contribution is -0.0299. The molecule has 5 heteroatoms. The van der Waals surface area contributed by atoms with E-state index in [-0.39, 0.29) is 5.92 Å². The third-order valence-electron chi connectivity index (χ3n) is 3.61. The van der Waals surface area contributed by atoms with Crippen LogP contribution in [0.1, 0.15) is 19.3 Å². The summed E-state index contributed by atoms with van der Waals surface area (Å²) in [5, 5.41) is 12.9. The van der Waals surface area contributed by atoms with Crippen LogP contribution in [-0.2, 0) is 9.84 Å². The quantitative estimate of drug-likeness (QED) is 0.659. The van der Waals surface area contributed by atoms with Gasteiger partial charge in [0.05, 0.1) is 10.9 Å². The zero-order chi connectivity index (χ0) is 10.4. The van der Waals surface area contributed by atoms with E-state index in [9.17, 15) is 13.5 Å². The number of rotatable bonds is 2. The summed E-state index contributed by atoms with van der Waals surface area (Å²) >= 11 is 0. The van der Waals surface area contributed by atoms with Gasteiger partial charge in [-0.1, -0.05) is 0 Å². The van der Waals surface area contributed by atoms with Crippen LogP contribution in [0.2, 0.25) is 0 Å². The minimum absolute atomic E-state index is 0.129. The average molecular weight is 219 g/mol. The van der Waals surface area contributed by atoms with Crippen molar-refractivity contribution in [3.05, 3.63) is 0 Å². The lowest BCUT2D eigenvalue weighted by atomic mass is 9.81. The van der Waals surface area contributed by atoms with E-state index in [1.54, 1.807) is 0 Å². The second-order valence-corrected chi connectivity index (χ2v) is 6.78. The van der Waals surface area contributed by atoms with Gasteiger partial charge in [-0.05, 0) is 19.3 Å². The summed E-state index contributed by atoms with van der Waals surface area (Å²) in [7, 11) is -3.11. The van der Waals surface area contributed by atoms with Gasteiger partial charge in [0, 0.05) is 25.3 Å². The van der Waals surface area contributed by atoms with E-state index in [2.05, 4.69) is 5.32 Å². The molecule has 0 amide bonds. The fourth-order valence-corrected chi connectivity index (χ4v) is 4.32. The van der Waals surface area contributed by atoms with Gasteiger partial charge in [0.2, 0.25) is 0 Å². The molecular formula is C9H17NO3S. The first kappa shape index (κ1) is 10.4. The molecule has 0 radical (unpaired) electrons. The molecule has 1 saturated heterocycles. The molecule has 2 aliphatic rings. The minimum atomic E-state index is -3.11. The maximum absolute atomic E-state index is 11.5. The highest BCUT2D eigenvalue weighted by Gasteiger charge is 2.53. The highest BCUT2D eigenvalue weighted by Crippen LogP contribution is 2.41. The Kier molecular flexibility index (Phi) is 2.36. The zero-order valence-corrected chi connectivity index (χ0v) is 9.18. The summed E-state index contributed by atoms with van der Waals surface area (Å²) in [5.74, 6) is 0.129. The molecule has 2 rings (SSSR count). The Balaban J connectivity index is 2.24. The molecule has 0 aromatic carbocycles. The average Bonchev–Trinajstić information content (AvgIpc) is 2.25. The molecule has 2 N–H and O–H groups in total. The molecule has 14 heavy (non-hydrogen) atoms. The molecule has 2 fully saturated rings. The van der Waals surface area contributed by atoms with Gasteiger partial charge in [-0.25, -0.2) is 8.42 Å². The molecule has 4 nitrogen and oxygen atoms in total. The van der Waals surface area contributed by atoms with E-state index >= 15 is 0 Å². The first-order chi connectivity index (χ1) is 6.44. The smallest absolute Gasteiger partial charge is 0.153 e. The summed E-state index contributed by atoms with van der Waals surface area (Å²) in [6.45, 7) is 1.51. The second kappa shape index (κ2) is 3.18. The topological polar surface area (TPSA) is 66.4 Å². The molecule has 1 aliphatic carbocycles. The highest BCUT2D eigenvalue weighted by molar-refractivity contribution is 7.91. The predicted molar refractivity (Wildman–Crippen MR) is 53.8 cm³/mol. The summed E-state index contributed by atoms with van der Waals surface area (Å²) in [6, 6.07) is 0. The van der Waals surface area contributed by atoms with Crippen LogP contribution < -0.4 is 5.32 Å². The van der Waals surface area contributed by atoms with Crippen LogP contribution in [0.5, 0.6) is 0 Å². The van der Waals surface area contributed by atoms with Crippen molar-refractivity contribution in [2.45, 2.75) is 30.1 Å². The molecule has 0 aromatic rings. The third kappa shape index (κ3) is 1.47. The molecular weight excluding hydrogens is 202 g/mol. The zero-order valence-electron chi connectivity index (χ0n) is 8.36. The van der Waals surface area contributed by atoms with Crippen molar-refractivity contribution in [1.29, 1.82) is 0 Å². The van der Waals surface area contributed by atoms with Gasteiger partial charge in [-0.15, -0.1) is 0 Å². The van der Waals surface area contributed by atoms with Crippen LogP contribution in [-0.4, -0.2) is 43.7 Å². The molecule has 2 atom stereocenters. The van der Waals surface area contributed by atoms with E-state index in [0.717, 1.165) is 19.5 Å². The van der Waals surface area contributed by atoms with Crippen LogP contribution in [0.15, 0.2) is 0 Å². The van der Waals surface area contributed by atoms with E-state index < -0.39 is 20.7 Å². The van der Waals surface area contributed by atoms with Gasteiger partial charge in [0.15, 0.2) is 9.84 Å². The number of hydrogen-bond donors (Lipinski definition) is 2. The number of hydrogen-bond acceptors (Lipinski definition) is 4. The van der Waals surface area contributed by atoms with Crippen LogP contribution in [0.4, 0.5) is 0 Å². The molecule has 82 valence electrons. The normalized spacial score (nSPS) is 39.7. The first-order valence-electron chi connectivity index (χ1n) is 5.06. The van der Waals surface area contributed by atoms with Crippen molar-refractivity contribution >= 4 is 9.84 Å². The standard InChI is InChI=1S/C9H17NO3S/c1-14(12,13)8-3-2-4-9(8,11)7-5-10-6-7/h7-8,10-11H,2-6H2,1H3. The van der Waals surface area contributed by atoms with E-state index in [4.69, 9.17) is 0 Å². The monoisotopic (exact) mass is 219 g/mol. The Bertz CT molecular complexity index is 323. The molecule has 0 spiro atoms. The van der Waals surface area contributed by atoms with Crippen LogP contribution in [0.25, 0.3) is 0 Å². The van der Waals surface area contributed by atoms with E-state index in [1.807, 2.05) is 0 Å². The maximum atomic E-state index is 11.5. The van der Waals surface area contributed by atoms with Crippen molar-refractivity contribution < 1.29 is 13.5 Å². The minimum Gasteiger partial charge on any atom is -0.388 e. The SMILES string of the molecule is CS(=O)(=O)C1CCCC1(O)C1CNC1. The van der Waals surface area contributed by atoms with Gasteiger partial charge >= 0.3 is 0 Å². The fraction of sp³-hybridized carbons (Fsp3) is 1.00. The maximum Gasteiger partial charge on any atom is 0.153 e. The van der Waals surface area contributed by atoms with Gasteiger partial charge in [0.1, 0.15) is 0 Å². The number of nitrogens with one attached hydrogen (secondary N) is 1. The molecule has 1 aliphatic heterocycles. The molecule has 2 unspecified atom stereocenters. The predicted octanol–water partition coefficient (Wildman–Crippen LogP) is -0.466. The van der Waals surface area contributed by atoms with Crippen molar-refractivity contribution in [1.82, 2.24) is 5.32 Å². The van der Waals surface area contributed by atoms with Crippen molar-refractivity contribution in [2.24, 2.45) is 5.92 Å². The van der Waals surface area contributed by atoms with Crippen LogP contribution in [0, 0.1) is 5.92 Å². The van der Waals surface area contributed by atoms with Gasteiger partial charge in [-0.3, -0.25) is 0 Å². The Hall–Kier alpha value is -0.130. The molecule has 1 heterocycles. The van der Waals surface area contributed by atoms with Crippen molar-refractivity contribution in [3.63, 3.8) is 0 Å². The first-order valence-corrected chi connectivity index (χ1v) is 7.02. The van der Waals surface area contributed by atoms with E-state index in [0.29, 0.717) is 12.8 Å². The van der Waals surface area contributed by atoms with Crippen LogP contribution >= 0.6 is 0 Å². The summed E-state index contributed by atoms with van der Waals surface area (Å²) in [5.41, 5.74) is -0.959. The molecule has 1 saturated carbocycles. The van der Waals surface area contributed by atoms with Gasteiger partial charge in [-0.2, -0.15) is 0 Å². The van der Waals surface area contributed by atoms with E-state index in [1.165, 1.54) is 6.26 Å². The Morgan fingerprint density at radius 3 is 2.50 bits per heavy atom. The largest absolute Gasteiger partial charge is 0.388 e. The lowest BCUT2D eigenvalue weighted by Crippen LogP contribution is -2.60. The van der Waals surface area contributed by atoms with Gasteiger partial charge in [0.25, 0.3) is 0 Å². The third-order valence-corrected chi connectivity index (χ3v) is 5.28. The molecule has 0 aromatic heterocycles. The van der Waals surface area contributed by atoms with Crippen molar-refractivity contribution in [3.8, 4) is 0 Å². The highest BCUT2D eigenvalue weighted by atomic mass is 32.2. The number of sulfone groups is 1. The van der Waals surface area contributed by atoms with Crippen LogP contribution in [0.3, 0.4) is 0 Å². The summed E-state index contributed by atoms with van der Waals surface area (Å²) in [4.78, 5) is 0. The summed E-state index contributed by atoms with van der Waals surface area (Å²) < 4.78 is 23.0. The lowest BCUT2D eigenvalue weighted by Gasteiger charge is -2.42. The Morgan fingerprint density at radius 1 is 1.43 bits per heavy atom. The Morgan fingerprint density at radius 2 is 2.07 bits per heavy atom. The second-order valence-electron chi connectivity index (χ2n) is 4.56.